The number of thiophene rings is 4. The summed E-state index contributed by atoms with van der Waals surface area (Å²) in [5, 5.41) is 11.5. The summed E-state index contributed by atoms with van der Waals surface area (Å²) < 4.78 is 33.1. The van der Waals surface area contributed by atoms with Gasteiger partial charge in [-0.25, -0.2) is 0 Å². The van der Waals surface area contributed by atoms with E-state index in [1.54, 1.807) is 25.6 Å². The van der Waals surface area contributed by atoms with E-state index < -0.39 is 18.4 Å². The summed E-state index contributed by atoms with van der Waals surface area (Å²) in [6, 6.07) is 9.15. The topological polar surface area (TPSA) is 36.9 Å². The Labute approximate surface area is 409 Å². The van der Waals surface area contributed by atoms with Gasteiger partial charge in [0.1, 0.15) is 11.5 Å². The molecule has 0 aliphatic heterocycles. The molecule has 4 heterocycles. The van der Waals surface area contributed by atoms with E-state index in [-0.39, 0.29) is 0 Å². The molecule has 0 spiro atoms. The Morgan fingerprint density at radius 2 is 0.719 bits per heavy atom. The maximum absolute atomic E-state index is 6.71. The van der Waals surface area contributed by atoms with Crippen molar-refractivity contribution in [1.29, 1.82) is 0 Å². The third-order valence-corrected chi connectivity index (χ3v) is 26.6. The van der Waals surface area contributed by atoms with Gasteiger partial charge in [-0.05, 0) is 47.6 Å². The molecule has 0 amide bonds. The average molecular weight is 1060 g/mol. The first-order chi connectivity index (χ1) is 31.1. The molecular weight excluding hydrogens is 972 g/mol. The number of unbranched alkanes of at least 4 members (excludes halogenated alkanes) is 4. The predicted molar refractivity (Wildman–Crippen MR) is 293 cm³/mol. The van der Waals surface area contributed by atoms with Crippen LogP contribution in [0.1, 0.15) is 158 Å². The second-order valence-electron chi connectivity index (χ2n) is 19.3. The van der Waals surface area contributed by atoms with Crippen LogP contribution in [0.3, 0.4) is 0 Å². The Morgan fingerprint density at radius 3 is 1.00 bits per heavy atom. The molecule has 356 valence electrons. The third-order valence-electron chi connectivity index (χ3n) is 13.3. The van der Waals surface area contributed by atoms with Gasteiger partial charge in [-0.1, -0.05) is 66.2 Å². The molecule has 4 unspecified atom stereocenters. The summed E-state index contributed by atoms with van der Waals surface area (Å²) in [6.07, 6.45) is 19.9. The van der Waals surface area contributed by atoms with Crippen molar-refractivity contribution >= 4 is 107 Å². The smallest absolute Gasteiger partial charge is 0.146 e. The second-order valence-corrected chi connectivity index (χ2v) is 38.5. The zero-order chi connectivity index (χ0) is 46.1. The molecule has 4 nitrogen and oxygen atoms in total. The van der Waals surface area contributed by atoms with Crippen molar-refractivity contribution in [3.8, 4) is 23.0 Å². The van der Waals surface area contributed by atoms with Gasteiger partial charge in [0.25, 0.3) is 0 Å². The summed E-state index contributed by atoms with van der Waals surface area (Å²) >= 11 is 5.11. The van der Waals surface area contributed by atoms with E-state index in [1.807, 2.05) is 22.7 Å². The van der Waals surface area contributed by atoms with Crippen LogP contribution < -0.4 is 21.8 Å². The van der Waals surface area contributed by atoms with Crippen LogP contribution in [-0.4, -0.2) is 44.8 Å². The van der Waals surface area contributed by atoms with Gasteiger partial charge in [0.2, 0.25) is 0 Å². The van der Waals surface area contributed by atoms with E-state index in [0.717, 1.165) is 49.4 Å². The average Bonchev–Trinajstić information content (AvgIpc) is 4.15. The fraction of sp³-hybridized carbons (Fsp3) is 0.636. The molecule has 0 saturated heterocycles. The van der Waals surface area contributed by atoms with E-state index in [1.165, 1.54) is 143 Å². The molecule has 0 aliphatic rings. The summed E-state index contributed by atoms with van der Waals surface area (Å²) in [5.41, 5.74) is 0. The van der Waals surface area contributed by atoms with Crippen LogP contribution in [0.2, 0.25) is 14.8 Å². The minimum Gasteiger partial charge on any atom is -0.491 e. The number of hydrogen-bond donors (Lipinski definition) is 0. The van der Waals surface area contributed by atoms with E-state index >= 15 is 0 Å². The maximum atomic E-state index is 6.71. The fourth-order valence-corrected chi connectivity index (χ4v) is 17.6. The van der Waals surface area contributed by atoms with Gasteiger partial charge in [0, 0.05) is 10.8 Å². The molecular formula is C55H84O4S4Sn. The summed E-state index contributed by atoms with van der Waals surface area (Å²) in [4.78, 5) is 7.54. The van der Waals surface area contributed by atoms with Gasteiger partial charge in [0.05, 0.1) is 22.6 Å². The molecule has 9 heteroatoms. The molecule has 4 aromatic heterocycles. The zero-order valence-corrected chi connectivity index (χ0v) is 47.9. The third kappa shape index (κ3) is 14.2. The Balaban J connectivity index is 0.000000243. The minimum atomic E-state index is -2.24. The van der Waals surface area contributed by atoms with Crippen LogP contribution in [0, 0.1) is 23.7 Å². The van der Waals surface area contributed by atoms with Crippen molar-refractivity contribution in [2.75, 3.05) is 26.4 Å². The first-order valence-corrected chi connectivity index (χ1v) is 38.9. The molecule has 0 saturated carbocycles. The Bertz CT molecular complexity index is 2050. The van der Waals surface area contributed by atoms with Crippen LogP contribution in [-0.2, 0) is 0 Å². The molecule has 0 N–H and O–H groups in total. The monoisotopic (exact) mass is 1060 g/mol. The van der Waals surface area contributed by atoms with Crippen molar-refractivity contribution in [3.63, 3.8) is 0 Å². The summed E-state index contributed by atoms with van der Waals surface area (Å²) in [6.45, 7) is 21.5. The first-order valence-electron chi connectivity index (χ1n) is 25.4. The molecule has 64 heavy (non-hydrogen) atoms. The Morgan fingerprint density at radius 1 is 0.422 bits per heavy atom. The van der Waals surface area contributed by atoms with Gasteiger partial charge in [-0.15, -0.1) is 22.7 Å². The van der Waals surface area contributed by atoms with Crippen LogP contribution in [0.25, 0.3) is 40.3 Å². The molecule has 0 bridgehead atoms. The largest absolute Gasteiger partial charge is 0.491 e. The summed E-state index contributed by atoms with van der Waals surface area (Å²) in [7, 11) is 0. The van der Waals surface area contributed by atoms with Gasteiger partial charge < -0.3 is 9.47 Å². The maximum Gasteiger partial charge on any atom is 0.146 e. The normalized spacial score (nSPS) is 13.9. The van der Waals surface area contributed by atoms with Crippen molar-refractivity contribution in [2.45, 2.75) is 173 Å². The zero-order valence-electron chi connectivity index (χ0n) is 41.8. The van der Waals surface area contributed by atoms with E-state index in [0.29, 0.717) is 23.7 Å². The van der Waals surface area contributed by atoms with Crippen molar-refractivity contribution < 1.29 is 18.9 Å². The molecule has 6 rings (SSSR count). The summed E-state index contributed by atoms with van der Waals surface area (Å²) in [5.74, 6) is 6.88. The number of fused-ring (bicyclic) bond motifs is 4. The van der Waals surface area contributed by atoms with Crippen LogP contribution in [0.15, 0.2) is 40.4 Å². The molecule has 0 radical (unpaired) electrons. The van der Waals surface area contributed by atoms with Crippen LogP contribution in [0.5, 0.6) is 23.0 Å². The standard InChI is InChI=1S/C26H38O2S2.C26H37O2S2.3CH3.Sn/c2*1-5-9-11-19(7-3)17-27-23-21-13-15-30-26(21)24(22-14-16-29-25(22)23)28-18-20(8-4)12-10-6-2;;;;/h13-16,19-20H,5-12,17-18H2,1-4H3;13-15,19-20H,5-12,17-18H2,1-4H3;3*1H3;. The van der Waals surface area contributed by atoms with Gasteiger partial charge in [-0.3, -0.25) is 0 Å². The minimum absolute atomic E-state index is 0.629. The second kappa shape index (κ2) is 27.3. The molecule has 2 aromatic carbocycles. The van der Waals surface area contributed by atoms with Crippen LogP contribution in [0.4, 0.5) is 0 Å². The Kier molecular flexibility index (Phi) is 22.7. The molecule has 4 atom stereocenters. The fourth-order valence-electron chi connectivity index (χ4n) is 8.55. The SMILES string of the molecule is CCCCC(CC)COc1c2c[c]([Sn]([CH3])([CH3])[CH3])sc2c(OCC(CC)CCCC)c2ccsc12.CCCCC(CC)COc1c2ccsc2c(OCC(CC)CCCC)c2ccsc12. The van der Waals surface area contributed by atoms with E-state index in [9.17, 15) is 0 Å². The van der Waals surface area contributed by atoms with Crippen LogP contribution >= 0.6 is 45.3 Å². The molecule has 0 aliphatic carbocycles. The number of hydrogen-bond acceptors (Lipinski definition) is 8. The van der Waals surface area contributed by atoms with E-state index in [4.69, 9.17) is 18.9 Å². The van der Waals surface area contributed by atoms with Gasteiger partial charge >= 0.3 is 222 Å². The number of rotatable bonds is 29. The van der Waals surface area contributed by atoms with Crippen molar-refractivity contribution in [3.05, 3.63) is 40.4 Å². The number of benzene rings is 2. The molecule has 6 aromatic rings. The van der Waals surface area contributed by atoms with Gasteiger partial charge in [-0.2, -0.15) is 0 Å². The van der Waals surface area contributed by atoms with E-state index in [2.05, 4.69) is 111 Å². The van der Waals surface area contributed by atoms with Gasteiger partial charge in [0.15, 0.2) is 0 Å². The Hall–Kier alpha value is -1.72. The number of ether oxygens (including phenoxy) is 4. The first kappa shape index (κ1) is 53.2. The quantitative estimate of drug-likeness (QED) is 0.0439. The predicted octanol–water partition coefficient (Wildman–Crippen LogP) is 19.2. The van der Waals surface area contributed by atoms with Crippen molar-refractivity contribution in [1.82, 2.24) is 0 Å². The van der Waals surface area contributed by atoms with Crippen molar-refractivity contribution in [2.24, 2.45) is 23.7 Å². The molecule has 0 fully saturated rings.